The Morgan fingerprint density at radius 1 is 1.07 bits per heavy atom. The number of rotatable bonds is 10. The number of benzene rings is 2. The second-order valence-electron chi connectivity index (χ2n) is 10.8. The molecule has 0 radical (unpaired) electrons. The van der Waals surface area contributed by atoms with Gasteiger partial charge in [-0.25, -0.2) is 19.0 Å². The van der Waals surface area contributed by atoms with Crippen molar-refractivity contribution < 1.29 is 23.5 Å². The van der Waals surface area contributed by atoms with E-state index in [0.717, 1.165) is 23.9 Å². The lowest BCUT2D eigenvalue weighted by atomic mass is 10.1. The van der Waals surface area contributed by atoms with Crippen LogP contribution in [0.3, 0.4) is 0 Å². The van der Waals surface area contributed by atoms with Crippen molar-refractivity contribution in [2.45, 2.75) is 45.3 Å². The van der Waals surface area contributed by atoms with Crippen molar-refractivity contribution >= 4 is 46.2 Å². The zero-order valence-corrected chi connectivity index (χ0v) is 25.4. The van der Waals surface area contributed by atoms with E-state index in [4.69, 9.17) is 16.3 Å². The van der Waals surface area contributed by atoms with Crippen LogP contribution in [0.4, 0.5) is 19.8 Å². The van der Waals surface area contributed by atoms with Gasteiger partial charge in [-0.1, -0.05) is 48.0 Å². The summed E-state index contributed by atoms with van der Waals surface area (Å²) in [6, 6.07) is 13.1. The molecule has 0 saturated carbocycles. The van der Waals surface area contributed by atoms with E-state index in [0.29, 0.717) is 30.5 Å². The van der Waals surface area contributed by atoms with Gasteiger partial charge < -0.3 is 19.9 Å². The summed E-state index contributed by atoms with van der Waals surface area (Å²) in [4.78, 5) is 48.6. The molecule has 10 nitrogen and oxygen atoms in total. The van der Waals surface area contributed by atoms with Gasteiger partial charge in [0.05, 0.1) is 11.1 Å². The van der Waals surface area contributed by atoms with Gasteiger partial charge in [0.15, 0.2) is 0 Å². The number of piperazine rings is 1. The molecule has 0 aliphatic carbocycles. The summed E-state index contributed by atoms with van der Waals surface area (Å²) in [5, 5.41) is 7.13. The number of carbonyl (C=O) groups excluding carboxylic acids is 3. The molecule has 230 valence electrons. The first-order valence-electron chi connectivity index (χ1n) is 14.4. The first kappa shape index (κ1) is 32.0. The van der Waals surface area contributed by atoms with Crippen LogP contribution in [0.5, 0.6) is 0 Å². The van der Waals surface area contributed by atoms with Crippen molar-refractivity contribution in [3.63, 3.8) is 0 Å². The number of urea groups is 1. The molecule has 12 heteroatoms. The molecule has 1 saturated heterocycles. The Bertz CT molecular complexity index is 1430. The minimum Gasteiger partial charge on any atom is -0.447 e. The first-order valence-corrected chi connectivity index (χ1v) is 14.7. The lowest BCUT2D eigenvalue weighted by Crippen LogP contribution is -2.51. The Labute approximate surface area is 256 Å². The van der Waals surface area contributed by atoms with Crippen molar-refractivity contribution in [3.05, 3.63) is 71.1 Å². The topological polar surface area (TPSA) is 107 Å². The summed E-state index contributed by atoms with van der Waals surface area (Å²) in [5.74, 6) is -0.264. The van der Waals surface area contributed by atoms with Crippen LogP contribution in [0.15, 0.2) is 54.7 Å². The van der Waals surface area contributed by atoms with Crippen LogP contribution < -0.4 is 10.6 Å². The van der Waals surface area contributed by atoms with E-state index in [2.05, 4.69) is 34.4 Å². The summed E-state index contributed by atoms with van der Waals surface area (Å²) in [6.07, 6.45) is 1.37. The van der Waals surface area contributed by atoms with E-state index in [9.17, 15) is 18.8 Å². The van der Waals surface area contributed by atoms with Crippen molar-refractivity contribution in [2.75, 3.05) is 45.2 Å². The number of halogens is 2. The van der Waals surface area contributed by atoms with Crippen LogP contribution in [0.2, 0.25) is 5.02 Å². The predicted molar refractivity (Wildman–Crippen MR) is 164 cm³/mol. The minimum absolute atomic E-state index is 0.000518. The van der Waals surface area contributed by atoms with Gasteiger partial charge in [0.2, 0.25) is 5.91 Å². The van der Waals surface area contributed by atoms with Crippen molar-refractivity contribution in [1.82, 2.24) is 25.0 Å². The first-order chi connectivity index (χ1) is 20.6. The summed E-state index contributed by atoms with van der Waals surface area (Å²) in [7, 11) is 1.56. The number of hydrogen-bond donors (Lipinski definition) is 2. The SMILES string of the molecule is CC(C)N1CCN(C(=O)CC[C@@H](COC(=O)Nc2cc3ccccc3cn2)N(C)C(=O)NCc2cccc(F)c2Cl)CC1. The largest absolute Gasteiger partial charge is 0.447 e. The van der Waals surface area contributed by atoms with Crippen LogP contribution in [-0.2, 0) is 16.1 Å². The molecule has 0 unspecified atom stereocenters. The number of fused-ring (bicyclic) bond motifs is 1. The van der Waals surface area contributed by atoms with Gasteiger partial charge in [-0.15, -0.1) is 0 Å². The van der Waals surface area contributed by atoms with E-state index < -0.39 is 24.0 Å². The molecule has 0 bridgehead atoms. The second-order valence-corrected chi connectivity index (χ2v) is 11.2. The number of likely N-dealkylation sites (N-methyl/N-ethyl adjacent to an activating group) is 1. The van der Waals surface area contributed by atoms with Crippen molar-refractivity contribution in [1.29, 1.82) is 0 Å². The number of pyridine rings is 1. The van der Waals surface area contributed by atoms with Crippen LogP contribution in [0, 0.1) is 5.82 Å². The molecule has 1 aliphatic heterocycles. The summed E-state index contributed by atoms with van der Waals surface area (Å²) in [6.45, 7) is 7.02. The molecule has 0 spiro atoms. The fraction of sp³-hybridized carbons (Fsp3) is 0.419. The summed E-state index contributed by atoms with van der Waals surface area (Å²) >= 11 is 6.03. The van der Waals surface area contributed by atoms with Gasteiger partial charge in [0.1, 0.15) is 18.2 Å². The Morgan fingerprint density at radius 3 is 2.51 bits per heavy atom. The second kappa shape index (κ2) is 15.0. The quantitative estimate of drug-likeness (QED) is 0.329. The maximum absolute atomic E-state index is 13.8. The number of anilines is 1. The molecule has 2 heterocycles. The number of aromatic nitrogens is 1. The molecule has 4 rings (SSSR count). The number of nitrogens with one attached hydrogen (secondary N) is 2. The van der Waals surface area contributed by atoms with Gasteiger partial charge in [-0.3, -0.25) is 15.0 Å². The number of amides is 4. The standard InChI is InChI=1S/C31H38ClFN6O4/c1-21(2)38-13-15-39(16-14-38)28(40)12-11-25(37(3)30(41)35-19-24-9-6-10-26(33)29(24)32)20-43-31(42)36-27-17-22-7-4-5-8-23(22)18-34-27/h4-10,17-18,21,25H,11-16,19-20H2,1-3H3,(H,35,41)(H,34,36,42)/t25-/m0/s1. The smallest absolute Gasteiger partial charge is 0.412 e. The van der Waals surface area contributed by atoms with Gasteiger partial charge in [0, 0.05) is 63.8 Å². The van der Waals surface area contributed by atoms with Gasteiger partial charge in [-0.2, -0.15) is 0 Å². The Hall–Kier alpha value is -3.96. The third-order valence-electron chi connectivity index (χ3n) is 7.69. The van der Waals surface area contributed by atoms with Crippen LogP contribution in [0.1, 0.15) is 32.3 Å². The summed E-state index contributed by atoms with van der Waals surface area (Å²) < 4.78 is 19.3. The monoisotopic (exact) mass is 612 g/mol. The average Bonchev–Trinajstić information content (AvgIpc) is 3.01. The third kappa shape index (κ3) is 8.77. The van der Waals surface area contributed by atoms with Crippen LogP contribution in [-0.4, -0.2) is 89.6 Å². The number of hydrogen-bond acceptors (Lipinski definition) is 6. The molecule has 1 fully saturated rings. The zero-order valence-electron chi connectivity index (χ0n) is 24.7. The molecule has 43 heavy (non-hydrogen) atoms. The van der Waals surface area contributed by atoms with E-state index in [1.165, 1.54) is 17.0 Å². The van der Waals surface area contributed by atoms with E-state index in [-0.39, 0.29) is 36.9 Å². The highest BCUT2D eigenvalue weighted by molar-refractivity contribution is 6.31. The molecule has 1 aromatic heterocycles. The minimum atomic E-state index is -0.732. The highest BCUT2D eigenvalue weighted by Crippen LogP contribution is 2.20. The molecule has 2 N–H and O–H groups in total. The van der Waals surface area contributed by atoms with E-state index >= 15 is 0 Å². The van der Waals surface area contributed by atoms with Crippen LogP contribution >= 0.6 is 11.6 Å². The number of carbonyl (C=O) groups is 3. The molecular formula is C31H38ClFN6O4. The van der Waals surface area contributed by atoms with Gasteiger partial charge in [-0.05, 0) is 43.4 Å². The van der Waals surface area contributed by atoms with Crippen molar-refractivity contribution in [2.24, 2.45) is 0 Å². The Balaban J connectivity index is 1.37. The Morgan fingerprint density at radius 2 is 1.79 bits per heavy atom. The molecule has 3 aromatic rings. The Kier molecular flexibility index (Phi) is 11.1. The molecule has 1 atom stereocenters. The maximum Gasteiger partial charge on any atom is 0.412 e. The highest BCUT2D eigenvalue weighted by atomic mass is 35.5. The molecule has 4 amide bonds. The normalized spacial score (nSPS) is 14.4. The highest BCUT2D eigenvalue weighted by Gasteiger charge is 2.26. The summed E-state index contributed by atoms with van der Waals surface area (Å²) in [5.41, 5.74) is 0.425. The van der Waals surface area contributed by atoms with Gasteiger partial charge >= 0.3 is 12.1 Å². The van der Waals surface area contributed by atoms with E-state index in [1.807, 2.05) is 29.2 Å². The predicted octanol–water partition coefficient (Wildman–Crippen LogP) is 5.12. The number of nitrogens with zero attached hydrogens (tertiary/aromatic N) is 4. The molecule has 2 aromatic carbocycles. The van der Waals surface area contributed by atoms with E-state index in [1.54, 1.807) is 25.4 Å². The van der Waals surface area contributed by atoms with Crippen LogP contribution in [0.25, 0.3) is 10.8 Å². The fourth-order valence-electron chi connectivity index (χ4n) is 4.94. The maximum atomic E-state index is 13.8. The third-order valence-corrected chi connectivity index (χ3v) is 8.11. The lowest BCUT2D eigenvalue weighted by molar-refractivity contribution is -0.133. The molecular weight excluding hydrogens is 575 g/mol. The van der Waals surface area contributed by atoms with Gasteiger partial charge in [0.25, 0.3) is 0 Å². The zero-order chi connectivity index (χ0) is 30.9. The molecule has 1 aliphatic rings. The number of ether oxygens (including phenoxy) is 1. The average molecular weight is 613 g/mol. The lowest BCUT2D eigenvalue weighted by Gasteiger charge is -2.37. The van der Waals surface area contributed by atoms with Crippen molar-refractivity contribution in [3.8, 4) is 0 Å². The fourth-order valence-corrected chi connectivity index (χ4v) is 5.13.